The van der Waals surface area contributed by atoms with Crippen LogP contribution in [-0.2, 0) is 14.8 Å². The number of nitrogens with one attached hydrogen (secondary N) is 1. The highest BCUT2D eigenvalue weighted by atomic mass is 79.9. The van der Waals surface area contributed by atoms with Crippen LogP contribution in [0.25, 0.3) is 0 Å². The molecule has 0 aliphatic rings. The Labute approximate surface area is 123 Å². The van der Waals surface area contributed by atoms with Crippen molar-refractivity contribution in [2.24, 2.45) is 0 Å². The van der Waals surface area contributed by atoms with Crippen molar-refractivity contribution < 1.29 is 13.2 Å². The molecule has 5 nitrogen and oxygen atoms in total. The van der Waals surface area contributed by atoms with E-state index < -0.39 is 10.0 Å². The normalized spacial score (nSPS) is 11.3. The maximum atomic E-state index is 12.0. The Bertz CT molecular complexity index is 558. The molecular formula is C10H12Br2N2O3S. The molecule has 0 bridgehead atoms. The second-order valence-electron chi connectivity index (χ2n) is 3.69. The van der Waals surface area contributed by atoms with Crippen LogP contribution in [0.2, 0.25) is 0 Å². The molecule has 0 aliphatic carbocycles. The van der Waals surface area contributed by atoms with Gasteiger partial charge < -0.3 is 4.90 Å². The minimum atomic E-state index is -3.70. The molecule has 0 heterocycles. The molecule has 18 heavy (non-hydrogen) atoms. The van der Waals surface area contributed by atoms with Crippen LogP contribution in [0.4, 0.5) is 0 Å². The monoisotopic (exact) mass is 398 g/mol. The maximum Gasteiger partial charge on any atom is 0.242 e. The van der Waals surface area contributed by atoms with Crippen LogP contribution >= 0.6 is 31.9 Å². The summed E-state index contributed by atoms with van der Waals surface area (Å²) >= 11 is 6.41. The Balaban J connectivity index is 2.90. The summed E-state index contributed by atoms with van der Waals surface area (Å²) in [7, 11) is -0.578. The van der Waals surface area contributed by atoms with Gasteiger partial charge in [-0.05, 0) is 34.1 Å². The van der Waals surface area contributed by atoms with E-state index in [9.17, 15) is 13.2 Å². The van der Waals surface area contributed by atoms with Crippen molar-refractivity contribution in [3.63, 3.8) is 0 Å². The van der Waals surface area contributed by atoms with Crippen LogP contribution in [0.1, 0.15) is 0 Å². The second kappa shape index (κ2) is 6.14. The molecule has 1 amide bonds. The molecule has 0 spiro atoms. The van der Waals surface area contributed by atoms with E-state index in [4.69, 9.17) is 0 Å². The lowest BCUT2D eigenvalue weighted by Crippen LogP contribution is -2.36. The Morgan fingerprint density at radius 1 is 1.33 bits per heavy atom. The molecule has 0 aromatic heterocycles. The summed E-state index contributed by atoms with van der Waals surface area (Å²) in [5.74, 6) is -0.313. The Hall–Kier alpha value is -0.440. The van der Waals surface area contributed by atoms with Gasteiger partial charge in [-0.15, -0.1) is 0 Å². The van der Waals surface area contributed by atoms with Crippen LogP contribution in [0.5, 0.6) is 0 Å². The number of nitrogens with zero attached hydrogens (tertiary/aromatic N) is 1. The Morgan fingerprint density at radius 3 is 2.44 bits per heavy atom. The first kappa shape index (κ1) is 15.6. The lowest BCUT2D eigenvalue weighted by Gasteiger charge is -2.12. The summed E-state index contributed by atoms with van der Waals surface area (Å²) in [6.07, 6.45) is 0. The first-order valence-corrected chi connectivity index (χ1v) is 7.96. The summed E-state index contributed by atoms with van der Waals surface area (Å²) in [5, 5.41) is 0. The number of halogens is 2. The molecule has 1 aromatic carbocycles. The average Bonchev–Trinajstić information content (AvgIpc) is 2.25. The minimum Gasteiger partial charge on any atom is -0.348 e. The first-order chi connectivity index (χ1) is 8.24. The van der Waals surface area contributed by atoms with E-state index in [1.807, 2.05) is 0 Å². The van der Waals surface area contributed by atoms with Gasteiger partial charge in [0.1, 0.15) is 0 Å². The SMILES string of the molecule is CN(C)C(=O)CNS(=O)(=O)c1ccc(Br)cc1Br. The van der Waals surface area contributed by atoms with Gasteiger partial charge in [-0.3, -0.25) is 4.79 Å². The van der Waals surface area contributed by atoms with E-state index in [0.29, 0.717) is 4.47 Å². The fourth-order valence-electron chi connectivity index (χ4n) is 1.09. The largest absolute Gasteiger partial charge is 0.348 e. The maximum absolute atomic E-state index is 12.0. The van der Waals surface area contributed by atoms with Crippen molar-refractivity contribution in [2.75, 3.05) is 20.6 Å². The predicted molar refractivity (Wildman–Crippen MR) is 75.7 cm³/mol. The van der Waals surface area contributed by atoms with Gasteiger partial charge in [0.15, 0.2) is 0 Å². The van der Waals surface area contributed by atoms with Gasteiger partial charge in [0.25, 0.3) is 0 Å². The van der Waals surface area contributed by atoms with Crippen molar-refractivity contribution >= 4 is 47.8 Å². The summed E-state index contributed by atoms with van der Waals surface area (Å²) in [6, 6.07) is 4.70. The topological polar surface area (TPSA) is 66.5 Å². The third kappa shape index (κ3) is 4.04. The van der Waals surface area contributed by atoms with Gasteiger partial charge >= 0.3 is 0 Å². The molecular weight excluding hydrogens is 388 g/mol. The molecule has 1 rings (SSSR count). The number of benzene rings is 1. The molecule has 0 aliphatic heterocycles. The number of sulfonamides is 1. The molecule has 8 heteroatoms. The zero-order valence-corrected chi connectivity index (χ0v) is 13.8. The van der Waals surface area contributed by atoms with E-state index >= 15 is 0 Å². The van der Waals surface area contributed by atoms with Crippen molar-refractivity contribution in [1.82, 2.24) is 9.62 Å². The molecule has 1 aromatic rings. The van der Waals surface area contributed by atoms with E-state index in [1.54, 1.807) is 26.2 Å². The Kier molecular flexibility index (Phi) is 5.32. The van der Waals surface area contributed by atoms with Crippen LogP contribution in [0.3, 0.4) is 0 Å². The number of rotatable bonds is 4. The van der Waals surface area contributed by atoms with Crippen molar-refractivity contribution in [1.29, 1.82) is 0 Å². The van der Waals surface area contributed by atoms with E-state index in [2.05, 4.69) is 36.6 Å². The first-order valence-electron chi connectivity index (χ1n) is 4.89. The van der Waals surface area contributed by atoms with Crippen LogP contribution in [0.15, 0.2) is 32.0 Å². The predicted octanol–water partition coefficient (Wildman–Crippen LogP) is 1.58. The summed E-state index contributed by atoms with van der Waals surface area (Å²) in [6.45, 7) is -0.266. The quantitative estimate of drug-likeness (QED) is 0.835. The molecule has 0 unspecified atom stereocenters. The lowest BCUT2D eigenvalue weighted by molar-refractivity contribution is -0.127. The molecule has 0 atom stereocenters. The lowest BCUT2D eigenvalue weighted by atomic mass is 10.4. The number of carbonyl (C=O) groups is 1. The number of hydrogen-bond acceptors (Lipinski definition) is 3. The fraction of sp³-hybridized carbons (Fsp3) is 0.300. The van der Waals surface area contributed by atoms with Gasteiger partial charge in [0.05, 0.1) is 11.4 Å². The standard InChI is InChI=1S/C10H12Br2N2O3S/c1-14(2)10(15)6-13-18(16,17)9-4-3-7(11)5-8(9)12/h3-5,13H,6H2,1-2H3. The molecule has 0 fully saturated rings. The highest BCUT2D eigenvalue weighted by Gasteiger charge is 2.19. The van der Waals surface area contributed by atoms with Gasteiger partial charge in [-0.1, -0.05) is 15.9 Å². The molecule has 0 saturated heterocycles. The molecule has 100 valence electrons. The summed E-state index contributed by atoms with van der Waals surface area (Å²) in [4.78, 5) is 12.8. The zero-order valence-electron chi connectivity index (χ0n) is 9.78. The summed E-state index contributed by atoms with van der Waals surface area (Å²) < 4.78 is 27.4. The van der Waals surface area contributed by atoms with Gasteiger partial charge in [-0.2, -0.15) is 0 Å². The van der Waals surface area contributed by atoms with Gasteiger partial charge in [0, 0.05) is 23.0 Å². The van der Waals surface area contributed by atoms with Crippen LogP contribution in [0, 0.1) is 0 Å². The van der Waals surface area contributed by atoms with Gasteiger partial charge in [-0.25, -0.2) is 13.1 Å². The van der Waals surface area contributed by atoms with Crippen LogP contribution in [-0.4, -0.2) is 39.9 Å². The third-order valence-electron chi connectivity index (χ3n) is 2.10. The number of amides is 1. The summed E-state index contributed by atoms with van der Waals surface area (Å²) in [5.41, 5.74) is 0. The van der Waals surface area contributed by atoms with E-state index in [1.165, 1.54) is 11.0 Å². The van der Waals surface area contributed by atoms with E-state index in [-0.39, 0.29) is 17.3 Å². The van der Waals surface area contributed by atoms with Crippen molar-refractivity contribution in [3.05, 3.63) is 27.1 Å². The average molecular weight is 400 g/mol. The van der Waals surface area contributed by atoms with Crippen molar-refractivity contribution in [2.45, 2.75) is 4.90 Å². The number of hydrogen-bond donors (Lipinski definition) is 1. The minimum absolute atomic E-state index is 0.0947. The highest BCUT2D eigenvalue weighted by molar-refractivity contribution is 9.11. The van der Waals surface area contributed by atoms with E-state index in [0.717, 1.165) is 4.47 Å². The van der Waals surface area contributed by atoms with Gasteiger partial charge in [0.2, 0.25) is 15.9 Å². The second-order valence-corrected chi connectivity index (χ2v) is 7.19. The number of likely N-dealkylation sites (N-methyl/N-ethyl adjacent to an activating group) is 1. The zero-order chi connectivity index (χ0) is 13.9. The van der Waals surface area contributed by atoms with Crippen LogP contribution < -0.4 is 4.72 Å². The number of carbonyl (C=O) groups excluding carboxylic acids is 1. The Morgan fingerprint density at radius 2 is 1.94 bits per heavy atom. The molecule has 1 N–H and O–H groups in total. The van der Waals surface area contributed by atoms with Crippen molar-refractivity contribution in [3.8, 4) is 0 Å². The molecule has 0 radical (unpaired) electrons. The third-order valence-corrected chi connectivity index (χ3v) is 4.97. The highest BCUT2D eigenvalue weighted by Crippen LogP contribution is 2.25. The molecule has 0 saturated carbocycles. The smallest absolute Gasteiger partial charge is 0.242 e. The fourth-order valence-corrected chi connectivity index (χ4v) is 3.80.